The van der Waals surface area contributed by atoms with E-state index >= 15 is 0 Å². The number of likely N-dealkylation sites (tertiary alicyclic amines) is 1. The van der Waals surface area contributed by atoms with E-state index in [-0.39, 0.29) is 23.7 Å². The average Bonchev–Trinajstić information content (AvgIpc) is 2.67. The molecule has 2 aliphatic rings. The van der Waals surface area contributed by atoms with E-state index in [0.717, 1.165) is 44.6 Å². The van der Waals surface area contributed by atoms with Crippen molar-refractivity contribution in [2.75, 3.05) is 44.2 Å². The van der Waals surface area contributed by atoms with Gasteiger partial charge in [-0.25, -0.2) is 4.39 Å². The van der Waals surface area contributed by atoms with Crippen molar-refractivity contribution in [2.24, 2.45) is 5.73 Å². The molecular formula is C19H27FN4O2. The Morgan fingerprint density at radius 3 is 2.38 bits per heavy atom. The predicted molar refractivity (Wildman–Crippen MR) is 98.2 cm³/mol. The second-order valence-electron chi connectivity index (χ2n) is 7.04. The summed E-state index contributed by atoms with van der Waals surface area (Å²) in [7, 11) is 0. The van der Waals surface area contributed by atoms with Gasteiger partial charge in [-0.3, -0.25) is 14.5 Å². The first-order valence-corrected chi connectivity index (χ1v) is 9.36. The number of carbonyl (C=O) groups is 2. The number of piperidine rings is 1. The van der Waals surface area contributed by atoms with E-state index in [9.17, 15) is 14.0 Å². The lowest BCUT2D eigenvalue weighted by Crippen LogP contribution is -2.51. The molecule has 2 saturated heterocycles. The Balaban J connectivity index is 1.46. The molecule has 6 nitrogen and oxygen atoms in total. The summed E-state index contributed by atoms with van der Waals surface area (Å²) in [5.74, 6) is -0.405. The number of primary amides is 1. The normalized spacial score (nSPS) is 21.7. The van der Waals surface area contributed by atoms with Crippen molar-refractivity contribution >= 4 is 17.5 Å². The molecule has 1 atom stereocenters. The van der Waals surface area contributed by atoms with Crippen molar-refractivity contribution in [3.63, 3.8) is 0 Å². The highest BCUT2D eigenvalue weighted by Gasteiger charge is 2.28. The lowest BCUT2D eigenvalue weighted by atomic mass is 10.0. The van der Waals surface area contributed by atoms with Gasteiger partial charge in [0.2, 0.25) is 11.8 Å². The molecule has 2 aliphatic heterocycles. The molecule has 3 rings (SSSR count). The highest BCUT2D eigenvalue weighted by Crippen LogP contribution is 2.19. The number of anilines is 1. The summed E-state index contributed by atoms with van der Waals surface area (Å²) < 4.78 is 13.0. The highest BCUT2D eigenvalue weighted by molar-refractivity contribution is 5.80. The SMILES string of the molecule is NC(=O)[C@@H]1CCCCN1CCC(=O)N1CCN(c2ccc(F)cc2)CC1. The zero-order chi connectivity index (χ0) is 18.5. The number of halogens is 1. The second kappa shape index (κ2) is 8.49. The number of piperazine rings is 1. The van der Waals surface area contributed by atoms with Crippen molar-refractivity contribution in [1.82, 2.24) is 9.80 Å². The minimum absolute atomic E-state index is 0.123. The first-order valence-electron chi connectivity index (χ1n) is 9.36. The summed E-state index contributed by atoms with van der Waals surface area (Å²) in [6.07, 6.45) is 3.28. The van der Waals surface area contributed by atoms with Gasteiger partial charge in [0.05, 0.1) is 6.04 Å². The van der Waals surface area contributed by atoms with Crippen LogP contribution < -0.4 is 10.6 Å². The fourth-order valence-corrected chi connectivity index (χ4v) is 3.84. The molecule has 0 bridgehead atoms. The first-order chi connectivity index (χ1) is 12.5. The Morgan fingerprint density at radius 2 is 1.73 bits per heavy atom. The zero-order valence-corrected chi connectivity index (χ0v) is 15.1. The Morgan fingerprint density at radius 1 is 1.04 bits per heavy atom. The van der Waals surface area contributed by atoms with Crippen molar-refractivity contribution in [3.8, 4) is 0 Å². The third-order valence-corrected chi connectivity index (χ3v) is 5.38. The maximum absolute atomic E-state index is 13.0. The molecular weight excluding hydrogens is 335 g/mol. The van der Waals surface area contributed by atoms with E-state index in [1.165, 1.54) is 12.1 Å². The Labute approximate surface area is 153 Å². The van der Waals surface area contributed by atoms with E-state index < -0.39 is 0 Å². The molecule has 0 spiro atoms. The number of carbonyl (C=O) groups excluding carboxylic acids is 2. The fourth-order valence-electron chi connectivity index (χ4n) is 3.84. The van der Waals surface area contributed by atoms with E-state index in [0.29, 0.717) is 26.1 Å². The molecule has 0 aliphatic carbocycles. The van der Waals surface area contributed by atoms with Crippen molar-refractivity contribution in [3.05, 3.63) is 30.1 Å². The third kappa shape index (κ3) is 4.52. The van der Waals surface area contributed by atoms with Crippen LogP contribution in [0.15, 0.2) is 24.3 Å². The Kier molecular flexibility index (Phi) is 6.08. The summed E-state index contributed by atoms with van der Waals surface area (Å²) in [6.45, 7) is 4.23. The Bertz CT molecular complexity index is 629. The van der Waals surface area contributed by atoms with E-state index in [4.69, 9.17) is 5.73 Å². The van der Waals surface area contributed by atoms with E-state index in [2.05, 4.69) is 9.80 Å². The largest absolute Gasteiger partial charge is 0.368 e. The molecule has 2 heterocycles. The molecule has 1 aromatic carbocycles. The van der Waals surface area contributed by atoms with Gasteiger partial charge in [-0.1, -0.05) is 6.42 Å². The summed E-state index contributed by atoms with van der Waals surface area (Å²) in [5, 5.41) is 0. The van der Waals surface area contributed by atoms with Crippen molar-refractivity contribution in [2.45, 2.75) is 31.7 Å². The molecule has 26 heavy (non-hydrogen) atoms. The van der Waals surface area contributed by atoms with Gasteiger partial charge in [-0.2, -0.15) is 0 Å². The van der Waals surface area contributed by atoms with Crippen LogP contribution in [0.5, 0.6) is 0 Å². The van der Waals surface area contributed by atoms with Gasteiger partial charge < -0.3 is 15.5 Å². The fraction of sp³-hybridized carbons (Fsp3) is 0.579. The van der Waals surface area contributed by atoms with Crippen molar-refractivity contribution in [1.29, 1.82) is 0 Å². The number of rotatable bonds is 5. The average molecular weight is 362 g/mol. The molecule has 0 saturated carbocycles. The molecule has 142 valence electrons. The maximum atomic E-state index is 13.0. The molecule has 0 aromatic heterocycles. The monoisotopic (exact) mass is 362 g/mol. The molecule has 2 amide bonds. The standard InChI is InChI=1S/C19H27FN4O2/c20-15-4-6-16(7-5-15)22-11-13-24(14-12-22)18(25)8-10-23-9-2-1-3-17(23)19(21)26/h4-7,17H,1-3,8-14H2,(H2,21,26)/t17-/m0/s1. The van der Waals surface area contributed by atoms with Crippen LogP contribution in [0.1, 0.15) is 25.7 Å². The van der Waals surface area contributed by atoms with Gasteiger partial charge in [-0.15, -0.1) is 0 Å². The van der Waals surface area contributed by atoms with Crippen LogP contribution in [0, 0.1) is 5.82 Å². The minimum atomic E-state index is -0.287. The maximum Gasteiger partial charge on any atom is 0.234 e. The highest BCUT2D eigenvalue weighted by atomic mass is 19.1. The van der Waals surface area contributed by atoms with Gasteiger partial charge in [0.25, 0.3) is 0 Å². The molecule has 0 radical (unpaired) electrons. The summed E-state index contributed by atoms with van der Waals surface area (Å²) in [5.41, 5.74) is 6.46. The van der Waals surface area contributed by atoms with Crippen molar-refractivity contribution < 1.29 is 14.0 Å². The summed E-state index contributed by atoms with van der Waals surface area (Å²) in [6, 6.07) is 6.23. The van der Waals surface area contributed by atoms with Crippen LogP contribution in [0.3, 0.4) is 0 Å². The number of hydrogen-bond donors (Lipinski definition) is 1. The number of nitrogens with zero attached hydrogens (tertiary/aromatic N) is 3. The first kappa shape index (κ1) is 18.6. The van der Waals surface area contributed by atoms with Crippen LogP contribution in [0.2, 0.25) is 0 Å². The van der Waals surface area contributed by atoms with E-state index in [1.807, 2.05) is 4.90 Å². The smallest absolute Gasteiger partial charge is 0.234 e. The number of benzene rings is 1. The minimum Gasteiger partial charge on any atom is -0.368 e. The summed E-state index contributed by atoms with van der Waals surface area (Å²) in [4.78, 5) is 30.2. The quantitative estimate of drug-likeness (QED) is 0.855. The number of amides is 2. The lowest BCUT2D eigenvalue weighted by molar-refractivity contribution is -0.133. The molecule has 2 N–H and O–H groups in total. The van der Waals surface area contributed by atoms with E-state index in [1.54, 1.807) is 12.1 Å². The predicted octanol–water partition coefficient (Wildman–Crippen LogP) is 1.20. The van der Waals surface area contributed by atoms with Gasteiger partial charge in [0, 0.05) is 44.8 Å². The van der Waals surface area contributed by atoms with Crippen LogP contribution in [0.4, 0.5) is 10.1 Å². The second-order valence-corrected chi connectivity index (χ2v) is 7.04. The van der Waals surface area contributed by atoms with Crippen LogP contribution >= 0.6 is 0 Å². The molecule has 7 heteroatoms. The molecule has 1 aromatic rings. The van der Waals surface area contributed by atoms with Gasteiger partial charge in [0.15, 0.2) is 0 Å². The summed E-state index contributed by atoms with van der Waals surface area (Å²) >= 11 is 0. The number of hydrogen-bond acceptors (Lipinski definition) is 4. The van der Waals surface area contributed by atoms with Gasteiger partial charge in [0.1, 0.15) is 5.82 Å². The molecule has 2 fully saturated rings. The van der Waals surface area contributed by atoms with Crippen LogP contribution in [-0.4, -0.2) is 66.9 Å². The zero-order valence-electron chi connectivity index (χ0n) is 15.1. The van der Waals surface area contributed by atoms with Crippen LogP contribution in [0.25, 0.3) is 0 Å². The van der Waals surface area contributed by atoms with Gasteiger partial charge >= 0.3 is 0 Å². The third-order valence-electron chi connectivity index (χ3n) is 5.38. The molecule has 0 unspecified atom stereocenters. The lowest BCUT2D eigenvalue weighted by Gasteiger charge is -2.37. The topological polar surface area (TPSA) is 69.9 Å². The number of nitrogens with two attached hydrogens (primary N) is 1. The Hall–Kier alpha value is -2.15. The van der Waals surface area contributed by atoms with Crippen LogP contribution in [-0.2, 0) is 9.59 Å². The van der Waals surface area contributed by atoms with Gasteiger partial charge in [-0.05, 0) is 43.7 Å².